The highest BCUT2D eigenvalue weighted by molar-refractivity contribution is 7.89. The van der Waals surface area contributed by atoms with Gasteiger partial charge in [-0.3, -0.25) is 4.79 Å². The highest BCUT2D eigenvalue weighted by Gasteiger charge is 2.32. The quantitative estimate of drug-likeness (QED) is 0.715. The maximum atomic E-state index is 13.0. The van der Waals surface area contributed by atoms with E-state index in [2.05, 4.69) is 5.32 Å². The standard InChI is InChI=1S/C18H28N2O4S/c1-3-16-9-4-5-12-20(16)25(22,23)17-10-6-8-15(14-17)18(21)19-11-7-13-24-2/h6,8,10,14,16H,3-5,7,9,11-13H2,1-2H3,(H,19,21). The summed E-state index contributed by atoms with van der Waals surface area (Å²) in [6, 6.07) is 6.35. The van der Waals surface area contributed by atoms with E-state index in [1.54, 1.807) is 29.6 Å². The molecule has 1 atom stereocenters. The Balaban J connectivity index is 2.15. The molecule has 1 aliphatic rings. The van der Waals surface area contributed by atoms with Crippen LogP contribution in [0.5, 0.6) is 0 Å². The van der Waals surface area contributed by atoms with E-state index in [0.29, 0.717) is 31.7 Å². The predicted octanol–water partition coefficient (Wildman–Crippen LogP) is 2.41. The van der Waals surface area contributed by atoms with Crippen molar-refractivity contribution in [2.75, 3.05) is 26.8 Å². The van der Waals surface area contributed by atoms with Crippen LogP contribution >= 0.6 is 0 Å². The lowest BCUT2D eigenvalue weighted by molar-refractivity contribution is 0.0948. The van der Waals surface area contributed by atoms with Crippen LogP contribution in [0.25, 0.3) is 0 Å². The Kier molecular flexibility index (Phi) is 7.40. The molecule has 1 amide bonds. The van der Waals surface area contributed by atoms with Gasteiger partial charge in [-0.1, -0.05) is 19.4 Å². The number of benzene rings is 1. The van der Waals surface area contributed by atoms with Crippen molar-refractivity contribution in [1.82, 2.24) is 9.62 Å². The lowest BCUT2D eigenvalue weighted by Crippen LogP contribution is -2.43. The molecule has 1 aromatic carbocycles. The summed E-state index contributed by atoms with van der Waals surface area (Å²) in [7, 11) is -1.96. The van der Waals surface area contributed by atoms with Crippen LogP contribution in [0.1, 0.15) is 49.4 Å². The number of rotatable bonds is 8. The second-order valence-electron chi connectivity index (χ2n) is 6.30. The van der Waals surface area contributed by atoms with Crippen molar-refractivity contribution in [3.63, 3.8) is 0 Å². The summed E-state index contributed by atoms with van der Waals surface area (Å²) >= 11 is 0. The van der Waals surface area contributed by atoms with Gasteiger partial charge in [-0.2, -0.15) is 4.31 Å². The molecule has 1 saturated heterocycles. The molecule has 6 nitrogen and oxygen atoms in total. The average molecular weight is 368 g/mol. The van der Waals surface area contributed by atoms with Gasteiger partial charge in [0.15, 0.2) is 0 Å². The first kappa shape index (κ1) is 19.9. The smallest absolute Gasteiger partial charge is 0.251 e. The molecule has 0 spiro atoms. The third-order valence-electron chi connectivity index (χ3n) is 4.56. The normalized spacial score (nSPS) is 18.9. The molecular weight excluding hydrogens is 340 g/mol. The van der Waals surface area contributed by atoms with E-state index in [1.807, 2.05) is 6.92 Å². The summed E-state index contributed by atoms with van der Waals surface area (Å²) in [4.78, 5) is 12.4. The fourth-order valence-electron chi connectivity index (χ4n) is 3.15. The molecule has 1 unspecified atom stereocenters. The molecular formula is C18H28N2O4S. The highest BCUT2D eigenvalue weighted by Crippen LogP contribution is 2.27. The predicted molar refractivity (Wildman–Crippen MR) is 97.1 cm³/mol. The SMILES string of the molecule is CCC1CCCCN1S(=O)(=O)c1cccc(C(=O)NCCCOC)c1. The minimum atomic E-state index is -3.58. The largest absolute Gasteiger partial charge is 0.385 e. The molecule has 1 fully saturated rings. The van der Waals surface area contributed by atoms with E-state index in [0.717, 1.165) is 25.7 Å². The Bertz CT molecular complexity index is 675. The molecule has 1 N–H and O–H groups in total. The number of nitrogens with zero attached hydrogens (tertiary/aromatic N) is 1. The lowest BCUT2D eigenvalue weighted by atomic mass is 10.0. The third-order valence-corrected chi connectivity index (χ3v) is 6.51. The lowest BCUT2D eigenvalue weighted by Gasteiger charge is -2.34. The number of methoxy groups -OCH3 is 1. The average Bonchev–Trinajstić information content (AvgIpc) is 2.65. The minimum Gasteiger partial charge on any atom is -0.385 e. The van der Waals surface area contributed by atoms with Gasteiger partial charge < -0.3 is 10.1 Å². The molecule has 0 bridgehead atoms. The van der Waals surface area contributed by atoms with E-state index in [1.165, 1.54) is 6.07 Å². The van der Waals surface area contributed by atoms with Crippen LogP contribution in [0.2, 0.25) is 0 Å². The molecule has 140 valence electrons. The number of piperidine rings is 1. The maximum absolute atomic E-state index is 13.0. The first-order valence-corrected chi connectivity index (χ1v) is 10.3. The zero-order chi connectivity index (χ0) is 18.3. The van der Waals surface area contributed by atoms with E-state index in [-0.39, 0.29) is 16.8 Å². The van der Waals surface area contributed by atoms with Gasteiger partial charge in [-0.25, -0.2) is 8.42 Å². The Hall–Kier alpha value is -1.44. The summed E-state index contributed by atoms with van der Waals surface area (Å²) in [6.07, 6.45) is 4.37. The number of hydrogen-bond acceptors (Lipinski definition) is 4. The molecule has 0 aromatic heterocycles. The van der Waals surface area contributed by atoms with Crippen LogP contribution in [-0.4, -0.2) is 51.5 Å². The molecule has 0 saturated carbocycles. The van der Waals surface area contributed by atoms with Gasteiger partial charge in [0.1, 0.15) is 0 Å². The fourth-order valence-corrected chi connectivity index (χ4v) is 4.97. The molecule has 1 aromatic rings. The third kappa shape index (κ3) is 5.03. The van der Waals surface area contributed by atoms with E-state index in [4.69, 9.17) is 4.74 Å². The molecule has 0 aliphatic carbocycles. The van der Waals surface area contributed by atoms with Crippen LogP contribution in [-0.2, 0) is 14.8 Å². The van der Waals surface area contributed by atoms with Crippen molar-refractivity contribution in [3.05, 3.63) is 29.8 Å². The number of carbonyl (C=O) groups excluding carboxylic acids is 1. The van der Waals surface area contributed by atoms with Gasteiger partial charge in [0.25, 0.3) is 5.91 Å². The first-order valence-electron chi connectivity index (χ1n) is 8.89. The fraction of sp³-hybridized carbons (Fsp3) is 0.611. The number of amides is 1. The van der Waals surface area contributed by atoms with Crippen LogP contribution in [0.3, 0.4) is 0 Å². The van der Waals surface area contributed by atoms with Crippen molar-refractivity contribution < 1.29 is 17.9 Å². The van der Waals surface area contributed by atoms with Gasteiger partial charge in [-0.15, -0.1) is 0 Å². The van der Waals surface area contributed by atoms with Crippen LogP contribution in [0.15, 0.2) is 29.2 Å². The molecule has 0 radical (unpaired) electrons. The van der Waals surface area contributed by atoms with E-state index in [9.17, 15) is 13.2 Å². The van der Waals surface area contributed by atoms with Gasteiger partial charge in [0, 0.05) is 38.4 Å². The number of hydrogen-bond donors (Lipinski definition) is 1. The number of carbonyl (C=O) groups is 1. The second-order valence-corrected chi connectivity index (χ2v) is 8.19. The molecule has 7 heteroatoms. The molecule has 1 aliphatic heterocycles. The van der Waals surface area contributed by atoms with Crippen LogP contribution < -0.4 is 5.32 Å². The van der Waals surface area contributed by atoms with Crippen LogP contribution in [0, 0.1) is 0 Å². The Morgan fingerprint density at radius 3 is 2.88 bits per heavy atom. The molecule has 2 rings (SSSR count). The van der Waals surface area contributed by atoms with Crippen molar-refractivity contribution in [3.8, 4) is 0 Å². The van der Waals surface area contributed by atoms with Gasteiger partial charge in [0.05, 0.1) is 4.90 Å². The van der Waals surface area contributed by atoms with E-state index >= 15 is 0 Å². The molecule has 1 heterocycles. The Morgan fingerprint density at radius 2 is 2.16 bits per heavy atom. The van der Waals surface area contributed by atoms with E-state index < -0.39 is 10.0 Å². The van der Waals surface area contributed by atoms with Crippen molar-refractivity contribution in [1.29, 1.82) is 0 Å². The number of ether oxygens (including phenoxy) is 1. The zero-order valence-corrected chi connectivity index (χ0v) is 15.8. The summed E-state index contributed by atoms with van der Waals surface area (Å²) < 4.78 is 32.6. The zero-order valence-electron chi connectivity index (χ0n) is 15.0. The van der Waals surface area contributed by atoms with Crippen molar-refractivity contribution in [2.24, 2.45) is 0 Å². The summed E-state index contributed by atoms with van der Waals surface area (Å²) in [6.45, 7) is 3.63. The van der Waals surface area contributed by atoms with Crippen molar-refractivity contribution >= 4 is 15.9 Å². The number of sulfonamides is 1. The van der Waals surface area contributed by atoms with Gasteiger partial charge in [0.2, 0.25) is 10.0 Å². The molecule has 25 heavy (non-hydrogen) atoms. The second kappa shape index (κ2) is 9.31. The van der Waals surface area contributed by atoms with Gasteiger partial charge >= 0.3 is 0 Å². The maximum Gasteiger partial charge on any atom is 0.251 e. The van der Waals surface area contributed by atoms with Crippen LogP contribution in [0.4, 0.5) is 0 Å². The van der Waals surface area contributed by atoms with Crippen molar-refractivity contribution in [2.45, 2.75) is 50.0 Å². The highest BCUT2D eigenvalue weighted by atomic mass is 32.2. The summed E-state index contributed by atoms with van der Waals surface area (Å²) in [5.41, 5.74) is 0.364. The Labute approximate surface area is 150 Å². The Morgan fingerprint density at radius 1 is 1.36 bits per heavy atom. The monoisotopic (exact) mass is 368 g/mol. The topological polar surface area (TPSA) is 75.7 Å². The first-order chi connectivity index (χ1) is 12.0. The summed E-state index contributed by atoms with van der Waals surface area (Å²) in [5, 5.41) is 2.78. The van der Waals surface area contributed by atoms with Gasteiger partial charge in [-0.05, 0) is 43.9 Å². The number of nitrogens with one attached hydrogen (secondary N) is 1. The minimum absolute atomic E-state index is 0.0466. The summed E-state index contributed by atoms with van der Waals surface area (Å²) in [5.74, 6) is -0.265.